The van der Waals surface area contributed by atoms with Crippen LogP contribution in [0.5, 0.6) is 0 Å². The van der Waals surface area contributed by atoms with E-state index in [9.17, 15) is 24.5 Å². The summed E-state index contributed by atoms with van der Waals surface area (Å²) in [6, 6.07) is 0.708. The van der Waals surface area contributed by atoms with Crippen molar-refractivity contribution in [3.63, 3.8) is 0 Å². The first-order valence-electron chi connectivity index (χ1n) is 5.81. The van der Waals surface area contributed by atoms with Gasteiger partial charge >= 0.3 is 17.8 Å². The van der Waals surface area contributed by atoms with Crippen molar-refractivity contribution in [2.45, 2.75) is 25.3 Å². The number of carbonyl (C=O) groups excluding carboxylic acids is 1. The van der Waals surface area contributed by atoms with Gasteiger partial charge in [-0.25, -0.2) is 4.79 Å². The third kappa shape index (κ3) is 4.93. The average Bonchev–Trinajstić information content (AvgIpc) is 2.86. The van der Waals surface area contributed by atoms with E-state index in [0.29, 0.717) is 0 Å². The fourth-order valence-electron chi connectivity index (χ4n) is 1.49. The molecule has 0 spiro atoms. The Kier molecular flexibility index (Phi) is 5.40. The molecule has 10 heteroatoms. The first-order valence-corrected chi connectivity index (χ1v) is 5.81. The molecule has 0 fully saturated rings. The highest BCUT2D eigenvalue weighted by Gasteiger charge is 2.24. The Morgan fingerprint density at radius 3 is 2.48 bits per heavy atom. The van der Waals surface area contributed by atoms with E-state index in [2.05, 4.69) is 9.73 Å². The van der Waals surface area contributed by atoms with E-state index in [1.807, 2.05) is 0 Å². The second-order valence-electron chi connectivity index (χ2n) is 4.05. The van der Waals surface area contributed by atoms with Gasteiger partial charge in [0.05, 0.1) is 6.07 Å². The molecule has 0 aromatic carbocycles. The van der Waals surface area contributed by atoms with Crippen LogP contribution in [0.4, 0.5) is 5.88 Å². The lowest BCUT2D eigenvalue weighted by atomic mass is 10.1. The number of carboxylic acids is 2. The number of hydrogen-bond donors (Lipinski definition) is 3. The van der Waals surface area contributed by atoms with Crippen LogP contribution in [0, 0.1) is 10.1 Å². The van der Waals surface area contributed by atoms with Crippen molar-refractivity contribution in [3.05, 3.63) is 28.0 Å². The molecule has 0 radical (unpaired) electrons. The largest absolute Gasteiger partial charge is 0.481 e. The van der Waals surface area contributed by atoms with Crippen LogP contribution in [-0.4, -0.2) is 39.0 Å². The second-order valence-corrected chi connectivity index (χ2v) is 4.05. The van der Waals surface area contributed by atoms with Crippen molar-refractivity contribution in [1.29, 1.82) is 0 Å². The predicted octanol–water partition coefficient (Wildman–Crippen LogP) is 0.626. The Hall–Kier alpha value is -2.91. The summed E-state index contributed by atoms with van der Waals surface area (Å²) in [4.78, 5) is 42.6. The fourth-order valence-corrected chi connectivity index (χ4v) is 1.49. The normalized spacial score (nSPS) is 11.6. The van der Waals surface area contributed by atoms with E-state index in [0.717, 1.165) is 12.1 Å². The third-order valence-corrected chi connectivity index (χ3v) is 2.48. The van der Waals surface area contributed by atoms with Gasteiger partial charge in [0.25, 0.3) is 5.91 Å². The van der Waals surface area contributed by atoms with E-state index >= 15 is 0 Å². The highest BCUT2D eigenvalue weighted by Crippen LogP contribution is 2.15. The molecule has 0 bridgehead atoms. The number of nitro groups is 1. The minimum atomic E-state index is -1.34. The third-order valence-electron chi connectivity index (χ3n) is 2.48. The number of nitrogens with zero attached hydrogens (tertiary/aromatic N) is 1. The van der Waals surface area contributed by atoms with Gasteiger partial charge in [0.1, 0.15) is 11.0 Å². The van der Waals surface area contributed by atoms with E-state index < -0.39 is 40.5 Å². The molecule has 1 rings (SSSR count). The van der Waals surface area contributed by atoms with Gasteiger partial charge in [-0.3, -0.25) is 19.7 Å². The van der Waals surface area contributed by atoms with Gasteiger partial charge < -0.3 is 19.9 Å². The smallest absolute Gasteiger partial charge is 0.433 e. The monoisotopic (exact) mass is 300 g/mol. The molecular weight excluding hydrogens is 288 g/mol. The highest BCUT2D eigenvalue weighted by molar-refractivity contribution is 5.94. The number of hydrogen-bond acceptors (Lipinski definition) is 6. The van der Waals surface area contributed by atoms with Gasteiger partial charge in [0.2, 0.25) is 0 Å². The predicted molar refractivity (Wildman–Crippen MR) is 65.7 cm³/mol. The molecule has 0 aliphatic rings. The summed E-state index contributed by atoms with van der Waals surface area (Å²) in [6.07, 6.45) is -0.257. The number of nitrogens with one attached hydrogen (secondary N) is 1. The van der Waals surface area contributed by atoms with Gasteiger partial charge in [0.15, 0.2) is 5.76 Å². The first-order chi connectivity index (χ1) is 9.81. The molecule has 0 aliphatic heterocycles. The summed E-state index contributed by atoms with van der Waals surface area (Å²) < 4.78 is 4.63. The summed E-state index contributed by atoms with van der Waals surface area (Å²) in [7, 11) is 0. The van der Waals surface area contributed by atoms with Crippen molar-refractivity contribution < 1.29 is 33.9 Å². The quantitative estimate of drug-likeness (QED) is 0.465. The van der Waals surface area contributed by atoms with Crippen molar-refractivity contribution in [2.75, 3.05) is 0 Å². The highest BCUT2D eigenvalue weighted by atomic mass is 16.6. The van der Waals surface area contributed by atoms with Gasteiger partial charge in [-0.2, -0.15) is 0 Å². The van der Waals surface area contributed by atoms with Crippen LogP contribution in [0.15, 0.2) is 16.5 Å². The maximum atomic E-state index is 11.7. The van der Waals surface area contributed by atoms with Crippen LogP contribution >= 0.6 is 0 Å². The van der Waals surface area contributed by atoms with E-state index in [-0.39, 0.29) is 19.3 Å². The summed E-state index contributed by atoms with van der Waals surface area (Å²) in [5.74, 6) is -4.38. The summed E-state index contributed by atoms with van der Waals surface area (Å²) >= 11 is 0. The molecule has 1 atom stereocenters. The van der Waals surface area contributed by atoms with Crippen LogP contribution in [0.2, 0.25) is 0 Å². The number of furan rings is 1. The standard InChI is InChI=1S/C11H12N2O8/c14-9(15)3-1-2-6(11(17)18)12-10(16)7-4-5-8(21-7)13(19)20/h4-6H,1-3H2,(H,12,16)(H,14,15)(H,17,18)/t6-/m1/s1. The minimum Gasteiger partial charge on any atom is -0.481 e. The molecule has 0 unspecified atom stereocenters. The van der Waals surface area contributed by atoms with Crippen molar-refractivity contribution in [3.8, 4) is 0 Å². The van der Waals surface area contributed by atoms with E-state index in [1.165, 1.54) is 0 Å². The molecule has 1 aromatic heterocycles. The Labute approximate surface area is 117 Å². The zero-order valence-electron chi connectivity index (χ0n) is 10.6. The Bertz CT molecular complexity index is 564. The van der Waals surface area contributed by atoms with Crippen LogP contribution in [0.1, 0.15) is 29.8 Å². The number of carbonyl (C=O) groups is 3. The fraction of sp³-hybridized carbons (Fsp3) is 0.364. The van der Waals surface area contributed by atoms with Crippen molar-refractivity contribution in [1.82, 2.24) is 5.32 Å². The van der Waals surface area contributed by atoms with E-state index in [4.69, 9.17) is 10.2 Å². The van der Waals surface area contributed by atoms with Gasteiger partial charge in [0, 0.05) is 6.42 Å². The Morgan fingerprint density at radius 2 is 2.00 bits per heavy atom. The molecule has 1 heterocycles. The van der Waals surface area contributed by atoms with Crippen molar-refractivity contribution in [2.24, 2.45) is 0 Å². The number of rotatable bonds is 8. The molecule has 0 saturated carbocycles. The van der Waals surface area contributed by atoms with Crippen LogP contribution in [0.3, 0.4) is 0 Å². The lowest BCUT2D eigenvalue weighted by molar-refractivity contribution is -0.402. The molecule has 0 aliphatic carbocycles. The van der Waals surface area contributed by atoms with E-state index in [1.54, 1.807) is 0 Å². The molecule has 0 saturated heterocycles. The second kappa shape index (κ2) is 7.03. The SMILES string of the molecule is O=C(O)CCC[C@@H](NC(=O)c1ccc([N+](=O)[O-])o1)C(=O)O. The zero-order valence-corrected chi connectivity index (χ0v) is 10.6. The number of amides is 1. The number of carboxylic acid groups (broad SMARTS) is 2. The lowest BCUT2D eigenvalue weighted by Gasteiger charge is -2.12. The minimum absolute atomic E-state index is 0.0604. The van der Waals surface area contributed by atoms with Crippen LogP contribution in [0.25, 0.3) is 0 Å². The molecule has 10 nitrogen and oxygen atoms in total. The molecule has 3 N–H and O–H groups in total. The maximum Gasteiger partial charge on any atom is 0.433 e. The maximum absolute atomic E-state index is 11.7. The van der Waals surface area contributed by atoms with Crippen molar-refractivity contribution >= 4 is 23.7 Å². The Morgan fingerprint density at radius 1 is 1.33 bits per heavy atom. The lowest BCUT2D eigenvalue weighted by Crippen LogP contribution is -2.40. The Balaban J connectivity index is 2.65. The molecular formula is C11H12N2O8. The zero-order chi connectivity index (χ0) is 16.0. The number of aliphatic carboxylic acids is 2. The van der Waals surface area contributed by atoms with Crippen LogP contribution in [-0.2, 0) is 9.59 Å². The van der Waals surface area contributed by atoms with Crippen LogP contribution < -0.4 is 5.32 Å². The summed E-state index contributed by atoms with van der Waals surface area (Å²) in [5, 5.41) is 29.9. The summed E-state index contributed by atoms with van der Waals surface area (Å²) in [5.41, 5.74) is 0. The topological polar surface area (TPSA) is 160 Å². The molecule has 114 valence electrons. The van der Waals surface area contributed by atoms with Gasteiger partial charge in [-0.1, -0.05) is 0 Å². The van der Waals surface area contributed by atoms with Gasteiger partial charge in [-0.15, -0.1) is 0 Å². The average molecular weight is 300 g/mol. The first kappa shape index (κ1) is 16.1. The molecule has 21 heavy (non-hydrogen) atoms. The van der Waals surface area contributed by atoms with Gasteiger partial charge in [-0.05, 0) is 18.9 Å². The summed E-state index contributed by atoms with van der Waals surface area (Å²) in [6.45, 7) is 0. The molecule has 1 aromatic rings. The molecule has 1 amide bonds.